The van der Waals surface area contributed by atoms with E-state index >= 15 is 0 Å². The molecule has 0 bridgehead atoms. The van der Waals surface area contributed by atoms with Gasteiger partial charge in [0.05, 0.1) is 20.3 Å². The Balaban J connectivity index is -0.00000000240. The third-order valence-corrected chi connectivity index (χ3v) is 0. The fraction of sp³-hybridized carbons (Fsp3) is 0. The van der Waals surface area contributed by atoms with Gasteiger partial charge in [-0.2, -0.15) is 0 Å². The molecule has 34 heteroatoms. The quantitative estimate of drug-likeness (QED) is 0.0792. The van der Waals surface area contributed by atoms with Crippen LogP contribution in [0, 0.1) is 61.3 Å². The molecule has 0 atom stereocenters. The summed E-state index contributed by atoms with van der Waals surface area (Å²) in [5.74, 6) is 0. The molecule has 0 rings (SSSR count). The van der Waals surface area contributed by atoms with Crippen molar-refractivity contribution in [3.05, 3.63) is 61.3 Å². The van der Waals surface area contributed by atoms with Crippen LogP contribution in [0.5, 0.6) is 0 Å². The van der Waals surface area contributed by atoms with Crippen molar-refractivity contribution in [2.45, 2.75) is 0 Å². The predicted octanol–water partition coefficient (Wildman–Crippen LogP) is -11.0. The summed E-state index contributed by atoms with van der Waals surface area (Å²) in [6.45, 7) is 0. The van der Waals surface area contributed by atoms with Crippen LogP contribution in [0.3, 0.4) is 0 Å². The first-order valence-electron chi connectivity index (χ1n) is 2.19. The molecule has 0 aromatic rings. The average Bonchev–Trinajstić information content (AvgIpc) is 1.76. The van der Waals surface area contributed by atoms with Crippen molar-refractivity contribution >= 4 is 0 Å². The fourth-order valence-corrected chi connectivity index (χ4v) is 0. The second kappa shape index (κ2) is 257. The Kier molecular flexibility index (Phi) is 2140. The van der Waals surface area contributed by atoms with Gasteiger partial charge in [0.1, 0.15) is 0 Å². The molecule has 0 unspecified atom stereocenters. The zero-order valence-electron chi connectivity index (χ0n) is 17.3. The van der Waals surface area contributed by atoms with Gasteiger partial charge < -0.3 is 185 Å². The molecule has 0 fully saturated rings. The molecule has 28 nitrogen and oxygen atoms in total. The number of hydrogen-bond donors (Lipinski definition) is 12. The second-order valence-electron chi connectivity index (χ2n) is 0.894. The molecule has 0 aromatic carbocycles. The molecule has 0 aliphatic heterocycles. The first-order chi connectivity index (χ1) is 6.93. The Bertz CT molecular complexity index is 196. The van der Waals surface area contributed by atoms with Gasteiger partial charge in [-0.25, -0.2) is 0 Å². The second-order valence-corrected chi connectivity index (χ2v) is 0.894. The summed E-state index contributed by atoms with van der Waals surface area (Å²) in [7, 11) is 0. The Morgan fingerprint density at radius 3 is 0.265 bits per heavy atom. The number of hydrogen-bond acceptors (Lipinski definition) is 24. The maximum absolute atomic E-state index is 8.25. The van der Waals surface area contributed by atoms with Crippen molar-refractivity contribution in [2.75, 3.05) is 0 Å². The fourth-order valence-electron chi connectivity index (χ4n) is 0. The van der Waals surface area contributed by atoms with E-state index in [4.69, 9.17) is 61.3 Å². The van der Waals surface area contributed by atoms with Crippen molar-refractivity contribution in [1.82, 2.24) is 73.8 Å². The van der Waals surface area contributed by atoms with Gasteiger partial charge in [0.15, 0.2) is 0 Å². The van der Waals surface area contributed by atoms with Crippen LogP contribution in [0.25, 0.3) is 0 Å². The smallest absolute Gasteiger partial charge is 1.00 e. The number of nitrogens with zero attached hydrogens (tertiary/aromatic N) is 4. The summed E-state index contributed by atoms with van der Waals surface area (Å²) in [5.41, 5.74) is 0. The van der Waals surface area contributed by atoms with E-state index in [0.29, 0.717) is 0 Å². The van der Waals surface area contributed by atoms with E-state index in [1.807, 2.05) is 0 Å². The van der Waals surface area contributed by atoms with Crippen molar-refractivity contribution in [3.8, 4) is 0 Å². The minimum atomic E-state index is -1.75. The van der Waals surface area contributed by atoms with Crippen molar-refractivity contribution in [3.63, 3.8) is 0 Å². The van der Waals surface area contributed by atoms with E-state index in [2.05, 4.69) is 0 Å². The van der Waals surface area contributed by atoms with E-state index in [-0.39, 0.29) is 166 Å². The van der Waals surface area contributed by atoms with Crippen LogP contribution in [-0.2, 0) is 42.1 Å². The van der Waals surface area contributed by atoms with E-state index in [1.165, 1.54) is 0 Å². The summed E-state index contributed by atoms with van der Waals surface area (Å²) in [6.07, 6.45) is 0. The molecule has 0 aliphatic carbocycles. The third kappa shape index (κ3) is 21000. The molecule has 0 saturated heterocycles. The first kappa shape index (κ1) is 283. The van der Waals surface area contributed by atoms with Gasteiger partial charge in [0.25, 0.3) is 0 Å². The minimum absolute atomic E-state index is 0. The minimum Gasteiger partial charge on any atom is -1.00 e. The maximum Gasteiger partial charge on any atom is 4.00 e. The van der Waals surface area contributed by atoms with Crippen LogP contribution in [0.4, 0.5) is 0 Å². The number of rotatable bonds is 0. The van der Waals surface area contributed by atoms with E-state index in [1.54, 1.807) is 0 Å². The monoisotopic (exact) mass is 982 g/mol. The van der Waals surface area contributed by atoms with Crippen LogP contribution in [0.2, 0.25) is 0 Å². The standard InChI is InChI=1S/4ClH.4NO3.12H3N.2Pt/c;;;;4*2-1(3)4;;;;;;;;;;;;;;/h4*1H;;;;;12*1H3;;/q;;;;4*-1;;;;;;;;;;;;;2*+4/p-4. The zero-order valence-corrected chi connectivity index (χ0v) is 24.9. The molecule has 0 radical (unpaired) electrons. The Hall–Kier alpha value is -1.14. The van der Waals surface area contributed by atoms with Crippen LogP contribution in [0.15, 0.2) is 0 Å². The van der Waals surface area contributed by atoms with Crippen LogP contribution in [-0.4, -0.2) is 20.3 Å². The average molecular weight is 984 g/mol. The largest absolute Gasteiger partial charge is 4.00 e. The topological polar surface area (TPSA) is 685 Å². The van der Waals surface area contributed by atoms with Crippen LogP contribution < -0.4 is 123 Å². The van der Waals surface area contributed by atoms with Crippen molar-refractivity contribution in [2.24, 2.45) is 0 Å². The Morgan fingerprint density at radius 1 is 0.265 bits per heavy atom. The van der Waals surface area contributed by atoms with Crippen LogP contribution >= 0.6 is 0 Å². The summed E-state index contributed by atoms with van der Waals surface area (Å²) in [4.78, 5) is 33.0. The van der Waals surface area contributed by atoms with Crippen molar-refractivity contribution < 1.29 is 112 Å². The summed E-state index contributed by atoms with van der Waals surface area (Å²) in [5, 5.41) is 59.0. The van der Waals surface area contributed by atoms with Gasteiger partial charge in [-0.05, 0) is 0 Å². The molecule has 0 aromatic heterocycles. The Morgan fingerprint density at radius 2 is 0.265 bits per heavy atom. The van der Waals surface area contributed by atoms with Crippen molar-refractivity contribution in [1.29, 1.82) is 0 Å². The Labute approximate surface area is 246 Å². The molecule has 36 N–H and O–H groups in total. The van der Waals surface area contributed by atoms with E-state index < -0.39 is 20.3 Å². The zero-order chi connectivity index (χ0) is 14.3. The van der Waals surface area contributed by atoms with Gasteiger partial charge in [0, 0.05) is 0 Å². The predicted molar refractivity (Wildman–Crippen MR) is 102 cm³/mol. The molecular formula is H36Cl4N16O12Pt2. The molecule has 0 spiro atoms. The molecule has 0 amide bonds. The molecular weight excluding hydrogens is 948 g/mol. The van der Waals surface area contributed by atoms with Crippen LogP contribution in [0.1, 0.15) is 0 Å². The maximum atomic E-state index is 8.25. The molecule has 0 saturated carbocycles. The number of halogens is 4. The van der Waals surface area contributed by atoms with Gasteiger partial charge in [0.2, 0.25) is 0 Å². The SMILES string of the molecule is N.N.N.N.N.N.N.N.N.N.N.N.O=[N+]([O-])[O-].O=[N+]([O-])[O-].O=[N+]([O-])[O-].O=[N+]([O-])[O-].[Cl-].[Cl-].[Cl-].[Cl-].[Pt+4].[Pt+4]. The van der Waals surface area contributed by atoms with Gasteiger partial charge in [-0.3, -0.25) is 0 Å². The third-order valence-electron chi connectivity index (χ3n) is 0. The molecule has 236 valence electrons. The van der Waals surface area contributed by atoms with E-state index in [0.717, 1.165) is 0 Å². The van der Waals surface area contributed by atoms with E-state index in [9.17, 15) is 0 Å². The molecule has 0 heterocycles. The summed E-state index contributed by atoms with van der Waals surface area (Å²) in [6, 6.07) is 0. The van der Waals surface area contributed by atoms with Gasteiger partial charge in [-0.15, -0.1) is 0 Å². The molecule has 34 heavy (non-hydrogen) atoms. The van der Waals surface area contributed by atoms with Gasteiger partial charge >= 0.3 is 42.1 Å². The first-order valence-corrected chi connectivity index (χ1v) is 2.19. The molecule has 0 aliphatic rings. The summed E-state index contributed by atoms with van der Waals surface area (Å²) < 4.78 is 0. The van der Waals surface area contributed by atoms with Gasteiger partial charge in [-0.1, -0.05) is 0 Å². The summed E-state index contributed by atoms with van der Waals surface area (Å²) >= 11 is 0. The normalized spacial score (nSPS) is 2.82.